The minimum Gasteiger partial charge on any atom is -0.334 e. The van der Waals surface area contributed by atoms with Gasteiger partial charge in [-0.3, -0.25) is 0 Å². The molecule has 0 aliphatic heterocycles. The van der Waals surface area contributed by atoms with Crippen LogP contribution in [0.15, 0.2) is 46.0 Å². The van der Waals surface area contributed by atoms with Crippen LogP contribution < -0.4 is 5.32 Å². The van der Waals surface area contributed by atoms with Gasteiger partial charge in [-0.15, -0.1) is 11.8 Å². The molecule has 0 aliphatic carbocycles. The van der Waals surface area contributed by atoms with Crippen LogP contribution in [0.3, 0.4) is 0 Å². The predicted molar refractivity (Wildman–Crippen MR) is 93.8 cm³/mol. The summed E-state index contributed by atoms with van der Waals surface area (Å²) in [5.41, 5.74) is 0. The summed E-state index contributed by atoms with van der Waals surface area (Å²) in [5.74, 6) is 2.11. The molecule has 1 unspecified atom stereocenters. The van der Waals surface area contributed by atoms with Crippen LogP contribution in [-0.4, -0.2) is 21.8 Å². The molecule has 0 radical (unpaired) electrons. The van der Waals surface area contributed by atoms with Crippen molar-refractivity contribution in [1.29, 1.82) is 0 Å². The lowest BCUT2D eigenvalue weighted by atomic mass is 10.3. The number of imidazole rings is 1. The van der Waals surface area contributed by atoms with Gasteiger partial charge in [-0.05, 0) is 38.1 Å². The highest BCUT2D eigenvalue weighted by Crippen LogP contribution is 2.26. The maximum Gasteiger partial charge on any atom is 0.126 e. The van der Waals surface area contributed by atoms with Gasteiger partial charge in [0.2, 0.25) is 0 Å². The summed E-state index contributed by atoms with van der Waals surface area (Å²) in [4.78, 5) is 5.83. The van der Waals surface area contributed by atoms with Crippen LogP contribution in [0.25, 0.3) is 0 Å². The summed E-state index contributed by atoms with van der Waals surface area (Å²) in [6.45, 7) is 6.32. The lowest BCUT2D eigenvalue weighted by Crippen LogP contribution is -2.27. The standard InChI is InChI=1S/C16H22BrN3S/c1-3-8-18-15(16-19-9-10-20(16)4-2)12-21-14-7-5-6-13(17)11-14/h5-7,9-11,15,18H,3-4,8,12H2,1-2H3. The molecule has 2 aromatic rings. The van der Waals surface area contributed by atoms with E-state index in [-0.39, 0.29) is 6.04 Å². The van der Waals surface area contributed by atoms with E-state index >= 15 is 0 Å². The Balaban J connectivity index is 2.06. The molecule has 3 nitrogen and oxygen atoms in total. The van der Waals surface area contributed by atoms with Gasteiger partial charge in [-0.25, -0.2) is 4.98 Å². The largest absolute Gasteiger partial charge is 0.334 e. The zero-order chi connectivity index (χ0) is 15.1. The Bertz CT molecular complexity index is 556. The van der Waals surface area contributed by atoms with E-state index in [2.05, 4.69) is 75.1 Å². The Kier molecular flexibility index (Phi) is 6.80. The molecule has 0 bridgehead atoms. The van der Waals surface area contributed by atoms with E-state index in [1.165, 1.54) is 4.90 Å². The predicted octanol–water partition coefficient (Wildman–Crippen LogP) is 4.50. The van der Waals surface area contributed by atoms with Gasteiger partial charge in [0, 0.05) is 34.1 Å². The maximum absolute atomic E-state index is 4.55. The number of thioether (sulfide) groups is 1. The van der Waals surface area contributed by atoms with Crippen LogP contribution in [-0.2, 0) is 6.54 Å². The second-order valence-corrected chi connectivity index (χ2v) is 6.86. The number of aromatic nitrogens is 2. The third-order valence-corrected chi connectivity index (χ3v) is 4.83. The van der Waals surface area contributed by atoms with Gasteiger partial charge in [0.1, 0.15) is 5.82 Å². The third-order valence-electron chi connectivity index (χ3n) is 3.25. The average molecular weight is 368 g/mol. The van der Waals surface area contributed by atoms with Crippen molar-refractivity contribution >= 4 is 27.7 Å². The molecule has 114 valence electrons. The molecular formula is C16H22BrN3S. The Hall–Kier alpha value is -0.780. The first-order valence-electron chi connectivity index (χ1n) is 7.37. The SMILES string of the molecule is CCCNC(CSc1cccc(Br)c1)c1nccn1CC. The first kappa shape index (κ1) is 16.6. The summed E-state index contributed by atoms with van der Waals surface area (Å²) >= 11 is 5.39. The number of halogens is 1. The normalized spacial score (nSPS) is 12.5. The first-order chi connectivity index (χ1) is 10.2. The van der Waals surface area contributed by atoms with Crippen molar-refractivity contribution in [3.8, 4) is 0 Å². The summed E-state index contributed by atoms with van der Waals surface area (Å²) in [7, 11) is 0. The molecule has 5 heteroatoms. The van der Waals surface area contributed by atoms with Crippen LogP contribution in [0.5, 0.6) is 0 Å². The number of nitrogens with zero attached hydrogens (tertiary/aromatic N) is 2. The number of nitrogens with one attached hydrogen (secondary N) is 1. The summed E-state index contributed by atoms with van der Waals surface area (Å²) in [6.07, 6.45) is 5.08. The van der Waals surface area contributed by atoms with Gasteiger partial charge >= 0.3 is 0 Å². The van der Waals surface area contributed by atoms with Gasteiger partial charge in [0.15, 0.2) is 0 Å². The van der Waals surface area contributed by atoms with Crippen molar-refractivity contribution in [2.75, 3.05) is 12.3 Å². The fourth-order valence-electron chi connectivity index (χ4n) is 2.18. The smallest absolute Gasteiger partial charge is 0.126 e. The van der Waals surface area contributed by atoms with Gasteiger partial charge in [0.25, 0.3) is 0 Å². The molecule has 1 heterocycles. The maximum atomic E-state index is 4.55. The Morgan fingerprint density at radius 1 is 1.38 bits per heavy atom. The van der Waals surface area contributed by atoms with Crippen LogP contribution in [0.4, 0.5) is 0 Å². The minimum absolute atomic E-state index is 0.281. The van der Waals surface area contributed by atoms with Crippen LogP contribution in [0.2, 0.25) is 0 Å². The van der Waals surface area contributed by atoms with Crippen molar-refractivity contribution < 1.29 is 0 Å². The fourth-order valence-corrected chi connectivity index (χ4v) is 3.74. The Morgan fingerprint density at radius 3 is 2.95 bits per heavy atom. The Labute approximate surface area is 139 Å². The molecule has 2 rings (SSSR count). The molecule has 21 heavy (non-hydrogen) atoms. The zero-order valence-corrected chi connectivity index (χ0v) is 15.0. The first-order valence-corrected chi connectivity index (χ1v) is 9.15. The van der Waals surface area contributed by atoms with Crippen LogP contribution >= 0.6 is 27.7 Å². The Morgan fingerprint density at radius 2 is 2.24 bits per heavy atom. The van der Waals surface area contributed by atoms with Crippen molar-refractivity contribution in [2.45, 2.75) is 37.8 Å². The molecular weight excluding hydrogens is 346 g/mol. The quantitative estimate of drug-likeness (QED) is 0.696. The average Bonchev–Trinajstić information content (AvgIpc) is 2.96. The highest BCUT2D eigenvalue weighted by molar-refractivity contribution is 9.10. The molecule has 0 fully saturated rings. The minimum atomic E-state index is 0.281. The van der Waals surface area contributed by atoms with Crippen molar-refractivity contribution in [3.05, 3.63) is 47.0 Å². The number of hydrogen-bond donors (Lipinski definition) is 1. The molecule has 0 aliphatic rings. The topological polar surface area (TPSA) is 29.9 Å². The highest BCUT2D eigenvalue weighted by atomic mass is 79.9. The molecule has 1 atom stereocenters. The van der Waals surface area contributed by atoms with E-state index in [9.17, 15) is 0 Å². The monoisotopic (exact) mass is 367 g/mol. The number of benzene rings is 1. The number of hydrogen-bond acceptors (Lipinski definition) is 3. The number of rotatable bonds is 8. The molecule has 0 saturated carbocycles. The molecule has 1 N–H and O–H groups in total. The molecule has 1 aromatic heterocycles. The van der Waals surface area contributed by atoms with E-state index in [0.717, 1.165) is 35.6 Å². The van der Waals surface area contributed by atoms with Crippen molar-refractivity contribution in [1.82, 2.24) is 14.9 Å². The molecule has 0 saturated heterocycles. The van der Waals surface area contributed by atoms with Crippen molar-refractivity contribution in [3.63, 3.8) is 0 Å². The van der Waals surface area contributed by atoms with Gasteiger partial charge in [0.05, 0.1) is 6.04 Å². The van der Waals surface area contributed by atoms with Crippen LogP contribution in [0, 0.1) is 0 Å². The van der Waals surface area contributed by atoms with E-state index in [0.29, 0.717) is 0 Å². The fraction of sp³-hybridized carbons (Fsp3) is 0.438. The van der Waals surface area contributed by atoms with E-state index < -0.39 is 0 Å². The van der Waals surface area contributed by atoms with Gasteiger partial charge in [-0.2, -0.15) is 0 Å². The van der Waals surface area contributed by atoms with E-state index in [1.54, 1.807) is 0 Å². The lowest BCUT2D eigenvalue weighted by Gasteiger charge is -2.19. The summed E-state index contributed by atoms with van der Waals surface area (Å²) in [6, 6.07) is 8.73. The lowest BCUT2D eigenvalue weighted by molar-refractivity contribution is 0.523. The highest BCUT2D eigenvalue weighted by Gasteiger charge is 2.16. The number of aryl methyl sites for hydroxylation is 1. The van der Waals surface area contributed by atoms with Crippen molar-refractivity contribution in [2.24, 2.45) is 0 Å². The molecule has 0 amide bonds. The summed E-state index contributed by atoms with van der Waals surface area (Å²) < 4.78 is 3.34. The molecule has 0 spiro atoms. The van der Waals surface area contributed by atoms with E-state index in [1.807, 2.05) is 18.0 Å². The zero-order valence-electron chi connectivity index (χ0n) is 12.6. The van der Waals surface area contributed by atoms with Crippen LogP contribution in [0.1, 0.15) is 32.1 Å². The summed E-state index contributed by atoms with van der Waals surface area (Å²) in [5, 5.41) is 3.62. The van der Waals surface area contributed by atoms with Gasteiger partial charge < -0.3 is 9.88 Å². The second-order valence-electron chi connectivity index (χ2n) is 4.85. The van der Waals surface area contributed by atoms with E-state index in [4.69, 9.17) is 0 Å². The third kappa shape index (κ3) is 4.87. The molecule has 1 aromatic carbocycles. The second kappa shape index (κ2) is 8.61. The van der Waals surface area contributed by atoms with Gasteiger partial charge in [-0.1, -0.05) is 28.9 Å².